The van der Waals surface area contributed by atoms with Crippen LogP contribution in [0.3, 0.4) is 0 Å². The van der Waals surface area contributed by atoms with E-state index in [4.69, 9.17) is 10.5 Å². The first-order chi connectivity index (χ1) is 7.22. The molecule has 2 N–H and O–H groups in total. The third-order valence-electron chi connectivity index (χ3n) is 2.73. The molecule has 1 atom stereocenters. The van der Waals surface area contributed by atoms with Crippen LogP contribution < -0.4 is 5.73 Å². The van der Waals surface area contributed by atoms with Gasteiger partial charge in [-0.25, -0.2) is 0 Å². The lowest BCUT2D eigenvalue weighted by molar-refractivity contribution is 0.0440. The lowest BCUT2D eigenvalue weighted by Crippen LogP contribution is -2.18. The van der Waals surface area contributed by atoms with Crippen LogP contribution in [0.1, 0.15) is 34.0 Å². The largest absolute Gasteiger partial charge is 0.373 e. The molecule has 0 unspecified atom stereocenters. The molecule has 0 saturated heterocycles. The Labute approximate surface area is 89.2 Å². The summed E-state index contributed by atoms with van der Waals surface area (Å²) in [6.07, 6.45) is 1.62. The number of rotatable bonds is 2. The maximum Gasteiger partial charge on any atom is 0.248 e. The van der Waals surface area contributed by atoms with E-state index < -0.39 is 0 Å². The second-order valence-electron chi connectivity index (χ2n) is 3.68. The number of hydrogen-bond acceptors (Lipinski definition) is 2. The van der Waals surface area contributed by atoms with E-state index in [2.05, 4.69) is 6.92 Å². The summed E-state index contributed by atoms with van der Waals surface area (Å²) in [5, 5.41) is 0. The van der Waals surface area contributed by atoms with Crippen molar-refractivity contribution in [3.63, 3.8) is 0 Å². The van der Waals surface area contributed by atoms with Crippen molar-refractivity contribution in [3.05, 3.63) is 41.8 Å². The molecule has 1 aromatic carbocycles. The molecule has 1 aromatic rings. The summed E-state index contributed by atoms with van der Waals surface area (Å²) in [7, 11) is 0. The van der Waals surface area contributed by atoms with Crippen LogP contribution in [0.5, 0.6) is 0 Å². The Morgan fingerprint density at radius 1 is 1.60 bits per heavy atom. The van der Waals surface area contributed by atoms with Gasteiger partial charge in [0.2, 0.25) is 5.91 Å². The summed E-state index contributed by atoms with van der Waals surface area (Å²) in [6.45, 7) is 4.54. The van der Waals surface area contributed by atoms with Gasteiger partial charge in [-0.05, 0) is 36.1 Å². The van der Waals surface area contributed by atoms with Crippen molar-refractivity contribution in [3.8, 4) is 0 Å². The molecule has 3 nitrogen and oxygen atoms in total. The lowest BCUT2D eigenvalue weighted by Gasteiger charge is -2.25. The van der Waals surface area contributed by atoms with Crippen molar-refractivity contribution in [2.45, 2.75) is 18.9 Å². The van der Waals surface area contributed by atoms with Gasteiger partial charge in [-0.15, -0.1) is 0 Å². The monoisotopic (exact) mass is 204 g/mol. The quantitative estimate of drug-likeness (QED) is 0.795. The zero-order chi connectivity index (χ0) is 10.8. The standard InChI is InChI=1S/C12H14NO2/c1-2-11-10-4-3-9(12(13)14)7-8(10)5-6-15-11/h3-4,7,11H,1-2,5-6H2,(H2,13,14)/t11-/m0/s1. The highest BCUT2D eigenvalue weighted by Gasteiger charge is 2.19. The Morgan fingerprint density at radius 3 is 3.07 bits per heavy atom. The highest BCUT2D eigenvalue weighted by molar-refractivity contribution is 5.93. The van der Waals surface area contributed by atoms with Gasteiger partial charge in [0.25, 0.3) is 0 Å². The topological polar surface area (TPSA) is 52.3 Å². The van der Waals surface area contributed by atoms with Crippen molar-refractivity contribution < 1.29 is 9.53 Å². The number of fused-ring (bicyclic) bond motifs is 1. The van der Waals surface area contributed by atoms with Crippen LogP contribution in [0.15, 0.2) is 18.2 Å². The normalized spacial score (nSPS) is 19.7. The molecule has 0 bridgehead atoms. The molecule has 0 aromatic heterocycles. The number of nitrogens with two attached hydrogens (primary N) is 1. The van der Waals surface area contributed by atoms with E-state index in [0.29, 0.717) is 18.6 Å². The molecule has 1 heterocycles. The van der Waals surface area contributed by atoms with E-state index in [9.17, 15) is 4.79 Å². The molecule has 79 valence electrons. The number of carbonyl (C=O) groups is 1. The van der Waals surface area contributed by atoms with Gasteiger partial charge in [0.15, 0.2) is 0 Å². The molecule has 0 saturated carbocycles. The fourth-order valence-electron chi connectivity index (χ4n) is 1.93. The van der Waals surface area contributed by atoms with E-state index in [1.54, 1.807) is 6.07 Å². The first-order valence-electron chi connectivity index (χ1n) is 5.06. The minimum absolute atomic E-state index is 0.0654. The maximum absolute atomic E-state index is 11.0. The van der Waals surface area contributed by atoms with Gasteiger partial charge in [-0.3, -0.25) is 4.79 Å². The number of primary amides is 1. The van der Waals surface area contributed by atoms with Gasteiger partial charge in [-0.2, -0.15) is 0 Å². The van der Waals surface area contributed by atoms with Crippen molar-refractivity contribution in [1.29, 1.82) is 0 Å². The molecular formula is C12H14NO2. The smallest absolute Gasteiger partial charge is 0.248 e. The molecule has 1 amide bonds. The zero-order valence-electron chi connectivity index (χ0n) is 8.53. The third kappa shape index (κ3) is 1.88. The van der Waals surface area contributed by atoms with E-state index in [1.165, 1.54) is 0 Å². The van der Waals surface area contributed by atoms with Crippen LogP contribution in [-0.4, -0.2) is 12.5 Å². The van der Waals surface area contributed by atoms with Crippen molar-refractivity contribution in [1.82, 2.24) is 0 Å². The fourth-order valence-corrected chi connectivity index (χ4v) is 1.93. The number of ether oxygens (including phenoxy) is 1. The third-order valence-corrected chi connectivity index (χ3v) is 2.73. The maximum atomic E-state index is 11.0. The molecule has 15 heavy (non-hydrogen) atoms. The van der Waals surface area contributed by atoms with E-state index in [1.807, 2.05) is 12.1 Å². The predicted molar refractivity (Wildman–Crippen MR) is 57.3 cm³/mol. The molecule has 0 spiro atoms. The van der Waals surface area contributed by atoms with E-state index >= 15 is 0 Å². The van der Waals surface area contributed by atoms with Crippen LogP contribution in [-0.2, 0) is 11.2 Å². The summed E-state index contributed by atoms with van der Waals surface area (Å²) < 4.78 is 5.58. The highest BCUT2D eigenvalue weighted by atomic mass is 16.5. The summed E-state index contributed by atoms with van der Waals surface area (Å²) in [5.41, 5.74) is 8.10. The summed E-state index contributed by atoms with van der Waals surface area (Å²) >= 11 is 0. The Bertz CT molecular complexity index is 387. The highest BCUT2D eigenvalue weighted by Crippen LogP contribution is 2.29. The van der Waals surface area contributed by atoms with Crippen molar-refractivity contribution in [2.24, 2.45) is 5.73 Å². The molecule has 1 aliphatic heterocycles. The minimum Gasteiger partial charge on any atom is -0.373 e. The first kappa shape index (κ1) is 10.2. The Kier molecular flexibility index (Phi) is 2.73. The number of amides is 1. The number of carbonyl (C=O) groups excluding carboxylic acids is 1. The van der Waals surface area contributed by atoms with Crippen LogP contribution in [0.4, 0.5) is 0 Å². The first-order valence-corrected chi connectivity index (χ1v) is 5.06. The van der Waals surface area contributed by atoms with E-state index in [-0.39, 0.29) is 12.0 Å². The van der Waals surface area contributed by atoms with Crippen LogP contribution >= 0.6 is 0 Å². The molecule has 1 radical (unpaired) electrons. The Balaban J connectivity index is 2.40. The van der Waals surface area contributed by atoms with Gasteiger partial charge in [0.1, 0.15) is 0 Å². The van der Waals surface area contributed by atoms with Gasteiger partial charge < -0.3 is 10.5 Å². The molecule has 2 rings (SSSR count). The summed E-state index contributed by atoms with van der Waals surface area (Å²) in [4.78, 5) is 11.0. The van der Waals surface area contributed by atoms with Gasteiger partial charge in [0, 0.05) is 5.56 Å². The van der Waals surface area contributed by atoms with Crippen LogP contribution in [0.2, 0.25) is 0 Å². The van der Waals surface area contributed by atoms with Gasteiger partial charge in [-0.1, -0.05) is 13.0 Å². The Hall–Kier alpha value is -1.35. The molecule has 1 aliphatic rings. The van der Waals surface area contributed by atoms with E-state index in [0.717, 1.165) is 17.5 Å². The van der Waals surface area contributed by atoms with Crippen LogP contribution in [0, 0.1) is 6.92 Å². The van der Waals surface area contributed by atoms with Gasteiger partial charge in [0.05, 0.1) is 12.7 Å². The second-order valence-corrected chi connectivity index (χ2v) is 3.68. The number of benzene rings is 1. The summed E-state index contributed by atoms with van der Waals surface area (Å²) in [6, 6.07) is 5.53. The minimum atomic E-state index is -0.379. The molecule has 0 fully saturated rings. The average Bonchev–Trinajstić information content (AvgIpc) is 2.27. The molecular weight excluding hydrogens is 190 g/mol. The molecule has 0 aliphatic carbocycles. The average molecular weight is 204 g/mol. The van der Waals surface area contributed by atoms with Gasteiger partial charge >= 0.3 is 0 Å². The molecule has 3 heteroatoms. The van der Waals surface area contributed by atoms with Crippen LogP contribution in [0.25, 0.3) is 0 Å². The predicted octanol–water partition coefficient (Wildman–Crippen LogP) is 1.62. The number of hydrogen-bond donors (Lipinski definition) is 1. The zero-order valence-corrected chi connectivity index (χ0v) is 8.53. The summed E-state index contributed by atoms with van der Waals surface area (Å²) in [5.74, 6) is -0.379. The lowest BCUT2D eigenvalue weighted by atomic mass is 9.94. The fraction of sp³-hybridized carbons (Fsp3) is 0.333. The SMILES string of the molecule is [CH2]C[C@@H]1OCCc2cc(C(N)=O)ccc21. The van der Waals surface area contributed by atoms with Crippen molar-refractivity contribution in [2.75, 3.05) is 6.61 Å². The second kappa shape index (κ2) is 4.03. The van der Waals surface area contributed by atoms with Crippen molar-refractivity contribution >= 4 is 5.91 Å². The Morgan fingerprint density at radius 2 is 2.40 bits per heavy atom.